The van der Waals surface area contributed by atoms with Crippen LogP contribution < -0.4 is 10.2 Å². The second-order valence-electron chi connectivity index (χ2n) is 7.93. The van der Waals surface area contributed by atoms with Crippen molar-refractivity contribution in [3.63, 3.8) is 0 Å². The van der Waals surface area contributed by atoms with Gasteiger partial charge in [-0.3, -0.25) is 9.59 Å². The van der Waals surface area contributed by atoms with Gasteiger partial charge in [-0.05, 0) is 42.7 Å². The predicted molar refractivity (Wildman–Crippen MR) is 126 cm³/mol. The van der Waals surface area contributed by atoms with Gasteiger partial charge >= 0.3 is 0 Å². The van der Waals surface area contributed by atoms with Crippen LogP contribution in [0.5, 0.6) is 0 Å². The van der Waals surface area contributed by atoms with E-state index in [0.29, 0.717) is 25.9 Å². The third-order valence-electron chi connectivity index (χ3n) is 5.21. The van der Waals surface area contributed by atoms with Crippen molar-refractivity contribution in [2.45, 2.75) is 46.7 Å². The van der Waals surface area contributed by atoms with E-state index in [4.69, 9.17) is 0 Å². The van der Waals surface area contributed by atoms with Gasteiger partial charge in [0, 0.05) is 18.7 Å². The van der Waals surface area contributed by atoms with E-state index in [0.717, 1.165) is 22.4 Å². The molecular weight excluding hydrogens is 384 g/mol. The van der Waals surface area contributed by atoms with Gasteiger partial charge in [0.05, 0.1) is 13.0 Å². The number of hydrogen-bond donors (Lipinski definition) is 1. The molecule has 3 aromatic carbocycles. The van der Waals surface area contributed by atoms with Crippen LogP contribution in [0.25, 0.3) is 0 Å². The third-order valence-corrected chi connectivity index (χ3v) is 5.21. The Morgan fingerprint density at radius 1 is 0.806 bits per heavy atom. The molecule has 0 aromatic heterocycles. The second-order valence-corrected chi connectivity index (χ2v) is 7.93. The zero-order valence-corrected chi connectivity index (χ0v) is 18.5. The highest BCUT2D eigenvalue weighted by atomic mass is 16.2. The zero-order chi connectivity index (χ0) is 22.2. The van der Waals surface area contributed by atoms with Crippen LogP contribution in [0.1, 0.15) is 41.2 Å². The maximum Gasteiger partial charge on any atom is 0.227 e. The largest absolute Gasteiger partial charge is 0.352 e. The van der Waals surface area contributed by atoms with Crippen molar-refractivity contribution < 1.29 is 9.59 Å². The van der Waals surface area contributed by atoms with Crippen LogP contribution in [0.2, 0.25) is 0 Å². The fourth-order valence-corrected chi connectivity index (χ4v) is 3.57. The molecule has 1 N–H and O–H groups in total. The fourth-order valence-electron chi connectivity index (χ4n) is 3.57. The van der Waals surface area contributed by atoms with E-state index in [2.05, 4.69) is 17.4 Å². The molecule has 0 radical (unpaired) electrons. The van der Waals surface area contributed by atoms with Gasteiger partial charge in [-0.1, -0.05) is 78.7 Å². The molecule has 0 unspecified atom stereocenters. The number of carbonyl (C=O) groups is 2. The summed E-state index contributed by atoms with van der Waals surface area (Å²) in [7, 11) is 0. The van der Waals surface area contributed by atoms with Crippen molar-refractivity contribution in [2.24, 2.45) is 0 Å². The molecule has 0 saturated heterocycles. The van der Waals surface area contributed by atoms with Crippen LogP contribution in [0.15, 0.2) is 72.8 Å². The lowest BCUT2D eigenvalue weighted by Crippen LogP contribution is -2.29. The maximum absolute atomic E-state index is 12.6. The van der Waals surface area contributed by atoms with E-state index in [1.54, 1.807) is 4.90 Å². The molecule has 2 amide bonds. The highest BCUT2D eigenvalue weighted by molar-refractivity contribution is 5.93. The van der Waals surface area contributed by atoms with Gasteiger partial charge in [0.25, 0.3) is 0 Å². The van der Waals surface area contributed by atoms with Crippen LogP contribution in [-0.2, 0) is 29.1 Å². The average molecular weight is 415 g/mol. The van der Waals surface area contributed by atoms with Gasteiger partial charge in [-0.15, -0.1) is 0 Å². The van der Waals surface area contributed by atoms with Gasteiger partial charge in [0.15, 0.2) is 0 Å². The minimum absolute atomic E-state index is 0.0180. The number of rotatable bonds is 8. The molecule has 0 saturated carbocycles. The average Bonchev–Trinajstić information content (AvgIpc) is 2.76. The minimum atomic E-state index is -0.0180. The van der Waals surface area contributed by atoms with Gasteiger partial charge in [-0.2, -0.15) is 0 Å². The SMILES string of the molecule is CCC(=O)N(Cc1cccc(C)c1)c1ccc(CC(=O)NCc2cccc(C)c2)cc1. The maximum atomic E-state index is 12.6. The van der Waals surface area contributed by atoms with E-state index >= 15 is 0 Å². The first kappa shape index (κ1) is 22.3. The minimum Gasteiger partial charge on any atom is -0.352 e. The molecule has 0 aliphatic rings. The Labute approximate surface area is 184 Å². The molecule has 0 aliphatic heterocycles. The first-order valence-electron chi connectivity index (χ1n) is 10.7. The molecule has 4 nitrogen and oxygen atoms in total. The lowest BCUT2D eigenvalue weighted by atomic mass is 10.1. The van der Waals surface area contributed by atoms with E-state index in [-0.39, 0.29) is 11.8 Å². The zero-order valence-electron chi connectivity index (χ0n) is 18.5. The summed E-state index contributed by atoms with van der Waals surface area (Å²) < 4.78 is 0. The summed E-state index contributed by atoms with van der Waals surface area (Å²) in [4.78, 5) is 26.7. The summed E-state index contributed by atoms with van der Waals surface area (Å²) in [6, 6.07) is 24.0. The smallest absolute Gasteiger partial charge is 0.227 e. The van der Waals surface area contributed by atoms with Crippen molar-refractivity contribution in [2.75, 3.05) is 4.90 Å². The van der Waals surface area contributed by atoms with E-state index < -0.39 is 0 Å². The van der Waals surface area contributed by atoms with Crippen LogP contribution in [0.3, 0.4) is 0 Å². The summed E-state index contributed by atoms with van der Waals surface area (Å²) in [6.45, 7) is 7.02. The molecular formula is C27H30N2O2. The van der Waals surface area contributed by atoms with Crippen LogP contribution in [-0.4, -0.2) is 11.8 Å². The molecule has 160 valence electrons. The Hall–Kier alpha value is -3.40. The van der Waals surface area contributed by atoms with Gasteiger partial charge in [0.2, 0.25) is 11.8 Å². The summed E-state index contributed by atoms with van der Waals surface area (Å²) in [5.41, 5.74) is 6.31. The number of amides is 2. The second kappa shape index (κ2) is 10.6. The lowest BCUT2D eigenvalue weighted by Gasteiger charge is -2.23. The first-order valence-corrected chi connectivity index (χ1v) is 10.7. The van der Waals surface area contributed by atoms with E-state index in [1.807, 2.05) is 81.4 Å². The van der Waals surface area contributed by atoms with Crippen LogP contribution in [0, 0.1) is 13.8 Å². The number of aryl methyl sites for hydroxylation is 2. The standard InChI is InChI=1S/C27H30N2O2/c1-4-27(31)29(19-24-10-6-8-21(3)16-24)25-13-11-22(12-14-25)17-26(30)28-18-23-9-5-7-20(2)15-23/h5-16H,4,17-19H2,1-3H3,(H,28,30). The molecule has 0 heterocycles. The highest BCUT2D eigenvalue weighted by Crippen LogP contribution is 2.20. The Morgan fingerprint density at radius 2 is 1.42 bits per heavy atom. The number of nitrogens with zero attached hydrogens (tertiary/aromatic N) is 1. The van der Waals surface area contributed by atoms with Gasteiger partial charge in [-0.25, -0.2) is 0 Å². The van der Waals surface area contributed by atoms with Gasteiger partial charge < -0.3 is 10.2 Å². The van der Waals surface area contributed by atoms with Crippen LogP contribution >= 0.6 is 0 Å². The third kappa shape index (κ3) is 6.54. The fraction of sp³-hybridized carbons (Fsp3) is 0.259. The Morgan fingerprint density at radius 3 is 2.03 bits per heavy atom. The Balaban J connectivity index is 1.63. The summed E-state index contributed by atoms with van der Waals surface area (Å²) in [5.74, 6) is 0.0562. The molecule has 0 aliphatic carbocycles. The van der Waals surface area contributed by atoms with Crippen molar-refractivity contribution in [1.82, 2.24) is 5.32 Å². The molecule has 4 heteroatoms. The normalized spacial score (nSPS) is 10.5. The van der Waals surface area contributed by atoms with Gasteiger partial charge in [0.1, 0.15) is 0 Å². The Kier molecular flexibility index (Phi) is 7.60. The molecule has 0 atom stereocenters. The summed E-state index contributed by atoms with van der Waals surface area (Å²) in [6.07, 6.45) is 0.751. The van der Waals surface area contributed by atoms with E-state index in [9.17, 15) is 9.59 Å². The molecule has 0 fully saturated rings. The molecule has 0 spiro atoms. The van der Waals surface area contributed by atoms with Crippen molar-refractivity contribution >= 4 is 17.5 Å². The topological polar surface area (TPSA) is 49.4 Å². The number of hydrogen-bond acceptors (Lipinski definition) is 2. The number of anilines is 1. The van der Waals surface area contributed by atoms with E-state index in [1.165, 1.54) is 11.1 Å². The highest BCUT2D eigenvalue weighted by Gasteiger charge is 2.15. The van der Waals surface area contributed by atoms with Crippen molar-refractivity contribution in [1.29, 1.82) is 0 Å². The predicted octanol–water partition coefficient (Wildman–Crippen LogP) is 5.11. The summed E-state index contributed by atoms with van der Waals surface area (Å²) in [5, 5.41) is 2.97. The number of benzene rings is 3. The summed E-state index contributed by atoms with van der Waals surface area (Å²) >= 11 is 0. The van der Waals surface area contributed by atoms with Crippen molar-refractivity contribution in [3.05, 3.63) is 101 Å². The van der Waals surface area contributed by atoms with Crippen LogP contribution in [0.4, 0.5) is 5.69 Å². The molecule has 3 rings (SSSR count). The molecule has 31 heavy (non-hydrogen) atoms. The first-order chi connectivity index (χ1) is 14.9. The Bertz CT molecular complexity index is 1040. The monoisotopic (exact) mass is 414 g/mol. The quantitative estimate of drug-likeness (QED) is 0.557. The molecule has 0 bridgehead atoms. The number of nitrogens with one attached hydrogen (secondary N) is 1. The number of carbonyl (C=O) groups excluding carboxylic acids is 2. The lowest BCUT2D eigenvalue weighted by molar-refractivity contribution is -0.120. The van der Waals surface area contributed by atoms with Crippen molar-refractivity contribution in [3.8, 4) is 0 Å². The molecule has 3 aromatic rings.